The van der Waals surface area contributed by atoms with Crippen LogP contribution in [0.25, 0.3) is 5.69 Å². The molecule has 0 radical (unpaired) electrons. The lowest BCUT2D eigenvalue weighted by molar-refractivity contribution is -0.138. The predicted octanol–water partition coefficient (Wildman–Crippen LogP) is 1.84. The molecule has 7 nitrogen and oxygen atoms in total. The molecule has 1 fully saturated rings. The SMILES string of the molecule is O=C(CCN1C(=O)CCC1=O)Nc1c2c(nn1-c1ccccc1)CCC2. The zero-order chi connectivity index (χ0) is 18.1. The number of hydrogen-bond donors (Lipinski definition) is 1. The molecule has 0 atom stereocenters. The highest BCUT2D eigenvalue weighted by atomic mass is 16.2. The molecular weight excluding hydrogens is 332 g/mol. The Balaban J connectivity index is 1.51. The van der Waals surface area contributed by atoms with Crippen molar-refractivity contribution in [3.05, 3.63) is 41.6 Å². The van der Waals surface area contributed by atoms with Gasteiger partial charge >= 0.3 is 0 Å². The van der Waals surface area contributed by atoms with Crippen molar-refractivity contribution >= 4 is 23.5 Å². The second-order valence-electron chi connectivity index (χ2n) is 6.61. The van der Waals surface area contributed by atoms with Crippen LogP contribution < -0.4 is 5.32 Å². The van der Waals surface area contributed by atoms with Gasteiger partial charge in [-0.25, -0.2) is 4.68 Å². The van der Waals surface area contributed by atoms with E-state index in [2.05, 4.69) is 10.4 Å². The molecule has 0 bridgehead atoms. The summed E-state index contributed by atoms with van der Waals surface area (Å²) in [5, 5.41) is 7.61. The Hall–Kier alpha value is -2.96. The largest absolute Gasteiger partial charge is 0.310 e. The maximum absolute atomic E-state index is 12.5. The molecule has 7 heteroatoms. The molecule has 134 valence electrons. The number of amides is 3. The first-order valence-electron chi connectivity index (χ1n) is 8.93. The Morgan fingerprint density at radius 2 is 1.77 bits per heavy atom. The number of aryl methyl sites for hydroxylation is 1. The number of imide groups is 1. The van der Waals surface area contributed by atoms with Crippen molar-refractivity contribution in [1.82, 2.24) is 14.7 Å². The van der Waals surface area contributed by atoms with Crippen molar-refractivity contribution in [3.8, 4) is 5.69 Å². The van der Waals surface area contributed by atoms with Crippen LogP contribution in [0.1, 0.15) is 36.9 Å². The first-order valence-corrected chi connectivity index (χ1v) is 8.93. The molecule has 1 saturated heterocycles. The van der Waals surface area contributed by atoms with Crippen LogP contribution in [-0.4, -0.2) is 38.9 Å². The quantitative estimate of drug-likeness (QED) is 0.832. The third kappa shape index (κ3) is 3.00. The number of benzene rings is 1. The van der Waals surface area contributed by atoms with Crippen LogP contribution >= 0.6 is 0 Å². The molecule has 26 heavy (non-hydrogen) atoms. The van der Waals surface area contributed by atoms with Crippen molar-refractivity contribution in [1.29, 1.82) is 0 Å². The lowest BCUT2D eigenvalue weighted by Crippen LogP contribution is -2.32. The van der Waals surface area contributed by atoms with Gasteiger partial charge in [-0.1, -0.05) is 18.2 Å². The highest BCUT2D eigenvalue weighted by Crippen LogP contribution is 2.31. The van der Waals surface area contributed by atoms with E-state index < -0.39 is 0 Å². The van der Waals surface area contributed by atoms with Crippen LogP contribution in [0.5, 0.6) is 0 Å². The minimum Gasteiger partial charge on any atom is -0.310 e. The fourth-order valence-corrected chi connectivity index (χ4v) is 3.56. The number of aromatic nitrogens is 2. The molecule has 4 rings (SSSR count). The topological polar surface area (TPSA) is 84.3 Å². The lowest BCUT2D eigenvalue weighted by Gasteiger charge is -2.14. The number of carbonyl (C=O) groups is 3. The molecule has 0 unspecified atom stereocenters. The molecule has 1 aromatic heterocycles. The van der Waals surface area contributed by atoms with Gasteiger partial charge in [0, 0.05) is 31.4 Å². The fraction of sp³-hybridized carbons (Fsp3) is 0.368. The monoisotopic (exact) mass is 352 g/mol. The fourth-order valence-electron chi connectivity index (χ4n) is 3.56. The molecule has 1 aromatic carbocycles. The second kappa shape index (κ2) is 6.74. The molecule has 0 spiro atoms. The minimum atomic E-state index is -0.218. The molecule has 2 aromatic rings. The van der Waals surface area contributed by atoms with Crippen LogP contribution in [-0.2, 0) is 27.2 Å². The van der Waals surface area contributed by atoms with Crippen molar-refractivity contribution in [3.63, 3.8) is 0 Å². The zero-order valence-electron chi connectivity index (χ0n) is 14.4. The minimum absolute atomic E-state index is 0.0895. The van der Waals surface area contributed by atoms with Crippen LogP contribution in [0, 0.1) is 0 Å². The molecule has 2 aliphatic rings. The van der Waals surface area contributed by atoms with Crippen LogP contribution in [0.2, 0.25) is 0 Å². The summed E-state index contributed by atoms with van der Waals surface area (Å²) in [5.74, 6) is 0.0908. The number of nitrogens with zero attached hydrogens (tertiary/aromatic N) is 3. The maximum atomic E-state index is 12.5. The van der Waals surface area contributed by atoms with E-state index in [1.807, 2.05) is 30.3 Å². The van der Waals surface area contributed by atoms with E-state index in [9.17, 15) is 14.4 Å². The zero-order valence-corrected chi connectivity index (χ0v) is 14.4. The van der Waals surface area contributed by atoms with Crippen molar-refractivity contribution in [2.24, 2.45) is 0 Å². The lowest BCUT2D eigenvalue weighted by atomic mass is 10.2. The van der Waals surface area contributed by atoms with Crippen LogP contribution in [0.15, 0.2) is 30.3 Å². The number of carbonyl (C=O) groups excluding carboxylic acids is 3. The van der Waals surface area contributed by atoms with Gasteiger partial charge in [-0.15, -0.1) is 0 Å². The van der Waals surface area contributed by atoms with Crippen molar-refractivity contribution in [2.45, 2.75) is 38.5 Å². The second-order valence-corrected chi connectivity index (χ2v) is 6.61. The number of nitrogens with one attached hydrogen (secondary N) is 1. The normalized spacial score (nSPS) is 16.2. The molecule has 0 saturated carbocycles. The Bertz CT molecular complexity index is 856. The van der Waals surface area contributed by atoms with Crippen molar-refractivity contribution < 1.29 is 14.4 Å². The first kappa shape index (κ1) is 16.5. The van der Waals surface area contributed by atoms with E-state index in [1.54, 1.807) is 4.68 Å². The summed E-state index contributed by atoms with van der Waals surface area (Å²) < 4.78 is 1.77. The van der Waals surface area contributed by atoms with Crippen LogP contribution in [0.4, 0.5) is 5.82 Å². The highest BCUT2D eigenvalue weighted by Gasteiger charge is 2.29. The van der Waals surface area contributed by atoms with E-state index in [-0.39, 0.29) is 43.5 Å². The summed E-state index contributed by atoms with van der Waals surface area (Å²) in [5.41, 5.74) is 2.99. The number of hydrogen-bond acceptors (Lipinski definition) is 4. The van der Waals surface area contributed by atoms with Gasteiger partial charge in [0.05, 0.1) is 11.4 Å². The Morgan fingerprint density at radius 3 is 2.50 bits per heavy atom. The average Bonchev–Trinajstić information content (AvgIpc) is 3.31. The van der Waals surface area contributed by atoms with E-state index in [0.29, 0.717) is 5.82 Å². The number of para-hydroxylation sites is 1. The third-order valence-corrected chi connectivity index (χ3v) is 4.88. The van der Waals surface area contributed by atoms with E-state index >= 15 is 0 Å². The molecule has 1 aliphatic carbocycles. The van der Waals surface area contributed by atoms with Gasteiger partial charge in [-0.3, -0.25) is 19.3 Å². The van der Waals surface area contributed by atoms with Gasteiger partial charge < -0.3 is 5.32 Å². The van der Waals surface area contributed by atoms with E-state index in [0.717, 1.165) is 36.2 Å². The van der Waals surface area contributed by atoms with Crippen molar-refractivity contribution in [2.75, 3.05) is 11.9 Å². The summed E-state index contributed by atoms with van der Waals surface area (Å²) in [6, 6.07) is 9.68. The van der Waals surface area contributed by atoms with Gasteiger partial charge in [0.1, 0.15) is 5.82 Å². The van der Waals surface area contributed by atoms with Gasteiger partial charge in [-0.05, 0) is 31.4 Å². The predicted molar refractivity (Wildman–Crippen MR) is 94.8 cm³/mol. The summed E-state index contributed by atoms with van der Waals surface area (Å²) in [6.45, 7) is 0.130. The number of likely N-dealkylation sites (tertiary alicyclic amines) is 1. The smallest absolute Gasteiger partial charge is 0.229 e. The van der Waals surface area contributed by atoms with Gasteiger partial charge in [0.25, 0.3) is 0 Å². The summed E-state index contributed by atoms with van der Waals surface area (Å²) in [4.78, 5) is 37.0. The molecule has 1 aliphatic heterocycles. The first-order chi connectivity index (χ1) is 12.6. The van der Waals surface area contributed by atoms with E-state index in [4.69, 9.17) is 0 Å². The number of fused-ring (bicyclic) bond motifs is 1. The molecular formula is C19H20N4O3. The summed E-state index contributed by atoms with van der Waals surface area (Å²) in [7, 11) is 0. The van der Waals surface area contributed by atoms with Gasteiger partial charge in [-0.2, -0.15) is 5.10 Å². The molecule has 3 amide bonds. The van der Waals surface area contributed by atoms with E-state index in [1.165, 1.54) is 4.90 Å². The number of anilines is 1. The van der Waals surface area contributed by atoms with Gasteiger partial charge in [0.15, 0.2) is 0 Å². The third-order valence-electron chi connectivity index (χ3n) is 4.88. The standard InChI is InChI=1S/C19H20N4O3/c24-16(11-12-22-17(25)9-10-18(22)26)20-19-14-7-4-8-15(14)21-23(19)13-5-2-1-3-6-13/h1-3,5-6H,4,7-12H2,(H,20,24). The maximum Gasteiger partial charge on any atom is 0.229 e. The average molecular weight is 352 g/mol. The highest BCUT2D eigenvalue weighted by molar-refractivity contribution is 6.02. The van der Waals surface area contributed by atoms with Gasteiger partial charge in [0.2, 0.25) is 17.7 Å². The summed E-state index contributed by atoms with van der Waals surface area (Å²) >= 11 is 0. The Labute approximate surface area is 151 Å². The molecule has 2 heterocycles. The Kier molecular flexibility index (Phi) is 4.28. The molecule has 1 N–H and O–H groups in total. The Morgan fingerprint density at radius 1 is 1.04 bits per heavy atom. The summed E-state index contributed by atoms with van der Waals surface area (Å²) in [6.07, 6.45) is 3.42. The van der Waals surface area contributed by atoms with Crippen LogP contribution in [0.3, 0.4) is 0 Å². The number of rotatable bonds is 5.